The Bertz CT molecular complexity index is 220. The number of hydrogen-bond donors (Lipinski definition) is 1. The summed E-state index contributed by atoms with van der Waals surface area (Å²) in [7, 11) is 0. The first-order valence-electron chi connectivity index (χ1n) is 5.99. The maximum absolute atomic E-state index is 12.0. The molecule has 0 aliphatic carbocycles. The molecule has 1 aliphatic rings. The minimum atomic E-state index is -0.136. The first-order chi connectivity index (χ1) is 6.90. The second kappa shape index (κ2) is 4.86. The van der Waals surface area contributed by atoms with Gasteiger partial charge in [0.15, 0.2) is 0 Å². The van der Waals surface area contributed by atoms with Crippen molar-refractivity contribution in [3.8, 4) is 0 Å². The number of likely N-dealkylation sites (tertiary alicyclic amines) is 1. The third-order valence-corrected chi connectivity index (χ3v) is 2.80. The van der Waals surface area contributed by atoms with Crippen molar-refractivity contribution in [2.75, 3.05) is 6.54 Å². The molecule has 0 aromatic rings. The van der Waals surface area contributed by atoms with Gasteiger partial charge in [-0.3, -0.25) is 0 Å². The molecule has 1 unspecified atom stereocenters. The Kier molecular flexibility index (Phi) is 4.00. The molecular formula is C12H24N2O. The summed E-state index contributed by atoms with van der Waals surface area (Å²) in [4.78, 5) is 14.0. The van der Waals surface area contributed by atoms with Gasteiger partial charge in [0.05, 0.1) is 0 Å². The highest BCUT2D eigenvalue weighted by Gasteiger charge is 2.24. The molecule has 0 aromatic carbocycles. The average Bonchev–Trinajstić information content (AvgIpc) is 2.26. The number of amides is 2. The van der Waals surface area contributed by atoms with E-state index in [1.807, 2.05) is 25.7 Å². The number of carbonyl (C=O) groups excluding carboxylic acids is 1. The van der Waals surface area contributed by atoms with Crippen LogP contribution in [0, 0.1) is 0 Å². The van der Waals surface area contributed by atoms with E-state index in [-0.39, 0.29) is 11.6 Å². The van der Waals surface area contributed by atoms with Crippen molar-refractivity contribution in [3.63, 3.8) is 0 Å². The first-order valence-corrected chi connectivity index (χ1v) is 5.99. The molecule has 15 heavy (non-hydrogen) atoms. The largest absolute Gasteiger partial charge is 0.333 e. The van der Waals surface area contributed by atoms with Gasteiger partial charge in [0.2, 0.25) is 0 Å². The van der Waals surface area contributed by atoms with Crippen molar-refractivity contribution in [2.45, 2.75) is 65.0 Å². The minimum absolute atomic E-state index is 0.0944. The fraction of sp³-hybridized carbons (Fsp3) is 0.917. The Hall–Kier alpha value is -0.730. The topological polar surface area (TPSA) is 32.3 Å². The monoisotopic (exact) mass is 212 g/mol. The van der Waals surface area contributed by atoms with Gasteiger partial charge in [-0.2, -0.15) is 0 Å². The van der Waals surface area contributed by atoms with Crippen LogP contribution in [0.2, 0.25) is 0 Å². The maximum atomic E-state index is 12.0. The van der Waals surface area contributed by atoms with E-state index >= 15 is 0 Å². The van der Waals surface area contributed by atoms with E-state index in [1.165, 1.54) is 12.8 Å². The molecule has 2 amide bonds. The molecule has 1 saturated heterocycles. The summed E-state index contributed by atoms with van der Waals surface area (Å²) >= 11 is 0. The van der Waals surface area contributed by atoms with E-state index in [0.717, 1.165) is 19.4 Å². The number of nitrogens with zero attached hydrogens (tertiary/aromatic N) is 1. The Balaban J connectivity index is 2.56. The second-order valence-corrected chi connectivity index (χ2v) is 5.57. The van der Waals surface area contributed by atoms with Gasteiger partial charge in [0.25, 0.3) is 0 Å². The molecular weight excluding hydrogens is 188 g/mol. The summed E-state index contributed by atoms with van der Waals surface area (Å²) < 4.78 is 0. The third-order valence-electron chi connectivity index (χ3n) is 2.80. The predicted octanol–water partition coefficient (Wildman–Crippen LogP) is 2.76. The molecule has 0 saturated carbocycles. The number of hydrogen-bond acceptors (Lipinski definition) is 1. The van der Waals surface area contributed by atoms with E-state index in [0.29, 0.717) is 6.04 Å². The normalized spacial score (nSPS) is 23.5. The van der Waals surface area contributed by atoms with Crippen molar-refractivity contribution < 1.29 is 4.79 Å². The molecule has 3 heteroatoms. The maximum Gasteiger partial charge on any atom is 0.318 e. The fourth-order valence-corrected chi connectivity index (χ4v) is 1.97. The van der Waals surface area contributed by atoms with Crippen LogP contribution in [0.15, 0.2) is 0 Å². The summed E-state index contributed by atoms with van der Waals surface area (Å²) in [6.45, 7) is 9.12. The van der Waals surface area contributed by atoms with Gasteiger partial charge in [-0.15, -0.1) is 0 Å². The lowest BCUT2D eigenvalue weighted by atomic mass is 10.1. The van der Waals surface area contributed by atoms with E-state index < -0.39 is 0 Å². The van der Waals surface area contributed by atoms with Crippen LogP contribution >= 0.6 is 0 Å². The number of nitrogens with one attached hydrogen (secondary N) is 1. The zero-order valence-electron chi connectivity index (χ0n) is 10.5. The van der Waals surface area contributed by atoms with Crippen molar-refractivity contribution in [2.24, 2.45) is 0 Å². The molecule has 88 valence electrons. The van der Waals surface area contributed by atoms with Crippen LogP contribution in [0.4, 0.5) is 4.79 Å². The van der Waals surface area contributed by atoms with Gasteiger partial charge in [0.1, 0.15) is 0 Å². The molecule has 0 radical (unpaired) electrons. The number of carbonyl (C=O) groups is 1. The molecule has 1 atom stereocenters. The lowest BCUT2D eigenvalue weighted by Gasteiger charge is -2.31. The summed E-state index contributed by atoms with van der Waals surface area (Å²) in [6, 6.07) is 0.478. The first kappa shape index (κ1) is 12.3. The van der Waals surface area contributed by atoms with Crippen molar-refractivity contribution >= 4 is 6.03 Å². The standard InChI is InChI=1S/C12H24N2O/c1-10-8-6-5-7-9-14(10)11(15)13-12(2,3)4/h10H,5-9H2,1-4H3,(H,13,15). The fourth-order valence-electron chi connectivity index (χ4n) is 1.97. The third kappa shape index (κ3) is 4.10. The molecule has 0 aromatic heterocycles. The summed E-state index contributed by atoms with van der Waals surface area (Å²) in [5, 5.41) is 3.03. The highest BCUT2D eigenvalue weighted by atomic mass is 16.2. The Morgan fingerprint density at radius 1 is 1.27 bits per heavy atom. The molecule has 0 spiro atoms. The number of urea groups is 1. The zero-order valence-corrected chi connectivity index (χ0v) is 10.5. The van der Waals surface area contributed by atoms with Crippen LogP contribution < -0.4 is 5.32 Å². The van der Waals surface area contributed by atoms with Crippen LogP contribution in [0.3, 0.4) is 0 Å². The minimum Gasteiger partial charge on any atom is -0.333 e. The van der Waals surface area contributed by atoms with Crippen LogP contribution in [0.25, 0.3) is 0 Å². The highest BCUT2D eigenvalue weighted by Crippen LogP contribution is 2.16. The second-order valence-electron chi connectivity index (χ2n) is 5.57. The molecule has 1 N–H and O–H groups in total. The van der Waals surface area contributed by atoms with E-state index in [2.05, 4.69) is 12.2 Å². The van der Waals surface area contributed by atoms with Crippen LogP contribution in [0.1, 0.15) is 53.4 Å². The molecule has 1 rings (SSSR count). The zero-order chi connectivity index (χ0) is 11.5. The Morgan fingerprint density at radius 3 is 2.53 bits per heavy atom. The summed E-state index contributed by atoms with van der Waals surface area (Å²) in [6.07, 6.45) is 4.78. The van der Waals surface area contributed by atoms with Gasteiger partial charge >= 0.3 is 6.03 Å². The summed E-state index contributed by atoms with van der Waals surface area (Å²) in [5.41, 5.74) is -0.136. The van der Waals surface area contributed by atoms with Gasteiger partial charge < -0.3 is 10.2 Å². The smallest absolute Gasteiger partial charge is 0.318 e. The lowest BCUT2D eigenvalue weighted by Crippen LogP contribution is -2.51. The van der Waals surface area contributed by atoms with Crippen LogP contribution in [0.5, 0.6) is 0 Å². The number of rotatable bonds is 0. The van der Waals surface area contributed by atoms with Crippen LogP contribution in [-0.4, -0.2) is 29.1 Å². The van der Waals surface area contributed by atoms with E-state index in [9.17, 15) is 4.79 Å². The molecule has 1 fully saturated rings. The van der Waals surface area contributed by atoms with E-state index in [1.54, 1.807) is 0 Å². The molecule has 1 heterocycles. The average molecular weight is 212 g/mol. The van der Waals surface area contributed by atoms with Crippen LogP contribution in [-0.2, 0) is 0 Å². The van der Waals surface area contributed by atoms with E-state index in [4.69, 9.17) is 0 Å². The molecule has 3 nitrogen and oxygen atoms in total. The lowest BCUT2D eigenvalue weighted by molar-refractivity contribution is 0.172. The Morgan fingerprint density at radius 2 is 1.93 bits per heavy atom. The van der Waals surface area contributed by atoms with Gasteiger partial charge in [-0.05, 0) is 40.5 Å². The predicted molar refractivity (Wildman–Crippen MR) is 62.9 cm³/mol. The van der Waals surface area contributed by atoms with Crippen molar-refractivity contribution in [3.05, 3.63) is 0 Å². The molecule has 0 bridgehead atoms. The van der Waals surface area contributed by atoms with Crippen molar-refractivity contribution in [1.82, 2.24) is 10.2 Å². The summed E-state index contributed by atoms with van der Waals surface area (Å²) in [5.74, 6) is 0. The Labute approximate surface area is 93.2 Å². The van der Waals surface area contributed by atoms with Gasteiger partial charge in [-0.1, -0.05) is 12.8 Å². The van der Waals surface area contributed by atoms with Gasteiger partial charge in [-0.25, -0.2) is 4.79 Å². The quantitative estimate of drug-likeness (QED) is 0.658. The van der Waals surface area contributed by atoms with Crippen molar-refractivity contribution in [1.29, 1.82) is 0 Å². The highest BCUT2D eigenvalue weighted by molar-refractivity contribution is 5.75. The SMILES string of the molecule is CC1CCCCCN1C(=O)NC(C)(C)C. The molecule has 1 aliphatic heterocycles. The van der Waals surface area contributed by atoms with Gasteiger partial charge in [0, 0.05) is 18.1 Å².